The molecule has 0 atom stereocenters. The van der Waals surface area contributed by atoms with Crippen molar-refractivity contribution in [2.45, 2.75) is 6.61 Å². The number of nitrogens with zero attached hydrogens (tertiary/aromatic N) is 2. The molecule has 6 heteroatoms. The van der Waals surface area contributed by atoms with Gasteiger partial charge in [0.25, 0.3) is 0 Å². The second kappa shape index (κ2) is 3.81. The average molecular weight is 183 g/mol. The van der Waals surface area contributed by atoms with Crippen molar-refractivity contribution in [1.82, 2.24) is 9.97 Å². The Bertz CT molecular complexity index is 327. The van der Waals surface area contributed by atoms with Gasteiger partial charge in [0.15, 0.2) is 0 Å². The fourth-order valence-corrected chi connectivity index (χ4v) is 0.836. The van der Waals surface area contributed by atoms with Crippen LogP contribution in [0.1, 0.15) is 16.3 Å². The van der Waals surface area contributed by atoms with Gasteiger partial charge in [0.05, 0.1) is 12.3 Å². The van der Waals surface area contributed by atoms with Gasteiger partial charge in [0.1, 0.15) is 5.82 Å². The molecule has 13 heavy (non-hydrogen) atoms. The van der Waals surface area contributed by atoms with Crippen molar-refractivity contribution in [2.75, 3.05) is 12.8 Å². The van der Waals surface area contributed by atoms with Gasteiger partial charge >= 0.3 is 5.97 Å². The lowest BCUT2D eigenvalue weighted by atomic mass is 10.4. The summed E-state index contributed by atoms with van der Waals surface area (Å²) in [6.07, 6.45) is 0. The first kappa shape index (κ1) is 9.40. The summed E-state index contributed by atoms with van der Waals surface area (Å²) in [6, 6.07) is 1.47. The van der Waals surface area contributed by atoms with E-state index in [0.717, 1.165) is 0 Å². The molecule has 1 aromatic heterocycles. The van der Waals surface area contributed by atoms with Crippen molar-refractivity contribution in [1.29, 1.82) is 0 Å². The van der Waals surface area contributed by atoms with Crippen LogP contribution in [-0.4, -0.2) is 28.2 Å². The van der Waals surface area contributed by atoms with Gasteiger partial charge in [-0.05, 0) is 0 Å². The Kier molecular flexibility index (Phi) is 2.76. The van der Waals surface area contributed by atoms with Crippen LogP contribution in [-0.2, 0) is 11.3 Å². The van der Waals surface area contributed by atoms with Crippen molar-refractivity contribution >= 4 is 11.8 Å². The van der Waals surface area contributed by atoms with Gasteiger partial charge in [-0.3, -0.25) is 0 Å². The van der Waals surface area contributed by atoms with E-state index < -0.39 is 5.97 Å². The summed E-state index contributed by atoms with van der Waals surface area (Å²) in [5, 5.41) is 8.58. The second-order valence-electron chi connectivity index (χ2n) is 2.35. The summed E-state index contributed by atoms with van der Waals surface area (Å²) in [6.45, 7) is 0.215. The van der Waals surface area contributed by atoms with Crippen LogP contribution in [0, 0.1) is 0 Å². The Morgan fingerprint density at radius 1 is 1.69 bits per heavy atom. The van der Waals surface area contributed by atoms with E-state index in [-0.39, 0.29) is 18.2 Å². The van der Waals surface area contributed by atoms with Crippen LogP contribution in [0.3, 0.4) is 0 Å². The van der Waals surface area contributed by atoms with E-state index in [1.165, 1.54) is 13.2 Å². The standard InChI is InChI=1S/C7H9N3O3/c1-13-3-4-2-5(8)10-6(9-4)7(11)12/h2H,3H2,1H3,(H,11,12)(H2,8,9,10). The Morgan fingerprint density at radius 2 is 2.38 bits per heavy atom. The summed E-state index contributed by atoms with van der Waals surface area (Å²) in [4.78, 5) is 17.7. The molecule has 3 N–H and O–H groups in total. The number of ether oxygens (including phenoxy) is 1. The van der Waals surface area contributed by atoms with E-state index in [1.807, 2.05) is 0 Å². The largest absolute Gasteiger partial charge is 0.475 e. The zero-order valence-electron chi connectivity index (χ0n) is 7.02. The number of nitrogens with two attached hydrogens (primary N) is 1. The predicted molar refractivity (Wildman–Crippen MR) is 44.1 cm³/mol. The van der Waals surface area contributed by atoms with Crippen LogP contribution >= 0.6 is 0 Å². The van der Waals surface area contributed by atoms with E-state index >= 15 is 0 Å². The molecule has 0 saturated carbocycles. The summed E-state index contributed by atoms with van der Waals surface area (Å²) < 4.78 is 4.78. The molecule has 0 aliphatic rings. The first-order valence-electron chi connectivity index (χ1n) is 3.49. The Labute approximate surface area is 74.4 Å². The van der Waals surface area contributed by atoms with Gasteiger partial charge < -0.3 is 15.6 Å². The van der Waals surface area contributed by atoms with Gasteiger partial charge in [-0.1, -0.05) is 0 Å². The van der Waals surface area contributed by atoms with E-state index in [0.29, 0.717) is 5.69 Å². The van der Waals surface area contributed by atoms with Crippen molar-refractivity contribution in [3.8, 4) is 0 Å². The van der Waals surface area contributed by atoms with Crippen molar-refractivity contribution in [3.05, 3.63) is 17.6 Å². The van der Waals surface area contributed by atoms with Gasteiger partial charge in [0, 0.05) is 13.2 Å². The minimum absolute atomic E-state index is 0.124. The quantitative estimate of drug-likeness (QED) is 0.679. The molecule has 1 heterocycles. The van der Waals surface area contributed by atoms with E-state index in [2.05, 4.69) is 9.97 Å². The minimum Gasteiger partial charge on any atom is -0.475 e. The number of hydrogen-bond acceptors (Lipinski definition) is 5. The molecule has 0 aliphatic heterocycles. The monoisotopic (exact) mass is 183 g/mol. The number of rotatable bonds is 3. The number of carboxylic acid groups (broad SMARTS) is 1. The zero-order valence-corrected chi connectivity index (χ0v) is 7.02. The maximum absolute atomic E-state index is 10.5. The summed E-state index contributed by atoms with van der Waals surface area (Å²) >= 11 is 0. The normalized spacial score (nSPS) is 9.92. The number of carboxylic acids is 1. The number of anilines is 1. The number of nitrogen functional groups attached to an aromatic ring is 1. The van der Waals surface area contributed by atoms with Crippen molar-refractivity contribution in [2.24, 2.45) is 0 Å². The Balaban J connectivity index is 3.03. The second-order valence-corrected chi connectivity index (χ2v) is 2.35. The van der Waals surface area contributed by atoms with Gasteiger partial charge in [0.2, 0.25) is 5.82 Å². The maximum atomic E-state index is 10.5. The molecule has 0 fully saturated rings. The highest BCUT2D eigenvalue weighted by molar-refractivity contribution is 5.83. The molecule has 0 aliphatic carbocycles. The van der Waals surface area contributed by atoms with E-state index in [4.69, 9.17) is 15.6 Å². The van der Waals surface area contributed by atoms with Crippen molar-refractivity contribution in [3.63, 3.8) is 0 Å². The molecule has 70 valence electrons. The summed E-state index contributed by atoms with van der Waals surface area (Å²) in [5.41, 5.74) is 5.81. The Morgan fingerprint density at radius 3 is 2.92 bits per heavy atom. The van der Waals surface area contributed by atoms with E-state index in [9.17, 15) is 4.79 Å². The van der Waals surface area contributed by atoms with Gasteiger partial charge in [-0.25, -0.2) is 14.8 Å². The lowest BCUT2D eigenvalue weighted by molar-refractivity contribution is 0.0682. The third-order valence-electron chi connectivity index (χ3n) is 1.28. The maximum Gasteiger partial charge on any atom is 0.374 e. The highest BCUT2D eigenvalue weighted by atomic mass is 16.5. The fourth-order valence-electron chi connectivity index (χ4n) is 0.836. The average Bonchev–Trinajstić information content (AvgIpc) is 2.03. The van der Waals surface area contributed by atoms with Gasteiger partial charge in [-0.2, -0.15) is 0 Å². The highest BCUT2D eigenvalue weighted by Gasteiger charge is 2.08. The van der Waals surface area contributed by atoms with E-state index in [1.54, 1.807) is 0 Å². The SMILES string of the molecule is COCc1cc(N)nc(C(=O)O)n1. The number of carbonyl (C=O) groups is 1. The summed E-state index contributed by atoms with van der Waals surface area (Å²) in [5.74, 6) is -1.39. The molecule has 0 radical (unpaired) electrons. The van der Waals surface area contributed by atoms with Crippen LogP contribution in [0.25, 0.3) is 0 Å². The molecule has 0 amide bonds. The summed E-state index contributed by atoms with van der Waals surface area (Å²) in [7, 11) is 1.48. The molecule has 0 aromatic carbocycles. The number of aromatic nitrogens is 2. The number of aromatic carboxylic acids is 1. The zero-order chi connectivity index (χ0) is 9.84. The van der Waals surface area contributed by atoms with Gasteiger partial charge in [-0.15, -0.1) is 0 Å². The predicted octanol–water partition coefficient (Wildman–Crippen LogP) is -0.0966. The third-order valence-corrected chi connectivity index (χ3v) is 1.28. The molecular formula is C7H9N3O3. The first-order valence-corrected chi connectivity index (χ1v) is 3.49. The molecule has 1 rings (SSSR count). The molecular weight excluding hydrogens is 174 g/mol. The highest BCUT2D eigenvalue weighted by Crippen LogP contribution is 2.03. The lowest BCUT2D eigenvalue weighted by Crippen LogP contribution is -2.09. The lowest BCUT2D eigenvalue weighted by Gasteiger charge is -2.01. The van der Waals surface area contributed by atoms with Crippen LogP contribution in [0.4, 0.5) is 5.82 Å². The minimum atomic E-state index is -1.20. The third kappa shape index (κ3) is 2.38. The molecule has 0 unspecified atom stereocenters. The molecule has 1 aromatic rings. The van der Waals surface area contributed by atoms with Crippen LogP contribution in [0.5, 0.6) is 0 Å². The Hall–Kier alpha value is -1.69. The fraction of sp³-hybridized carbons (Fsp3) is 0.286. The molecule has 6 nitrogen and oxygen atoms in total. The molecule has 0 saturated heterocycles. The van der Waals surface area contributed by atoms with Crippen molar-refractivity contribution < 1.29 is 14.6 Å². The number of hydrogen-bond donors (Lipinski definition) is 2. The first-order chi connectivity index (χ1) is 6.13. The van der Waals surface area contributed by atoms with Crippen LogP contribution in [0.15, 0.2) is 6.07 Å². The smallest absolute Gasteiger partial charge is 0.374 e. The molecule has 0 spiro atoms. The van der Waals surface area contributed by atoms with Crippen LogP contribution in [0.2, 0.25) is 0 Å². The number of methoxy groups -OCH3 is 1. The topological polar surface area (TPSA) is 98.3 Å². The molecule has 0 bridgehead atoms. The van der Waals surface area contributed by atoms with Crippen LogP contribution < -0.4 is 5.73 Å².